The summed E-state index contributed by atoms with van der Waals surface area (Å²) < 4.78 is 9.87. The van der Waals surface area contributed by atoms with E-state index < -0.39 is 0 Å². The van der Waals surface area contributed by atoms with E-state index in [-0.39, 0.29) is 12.0 Å². The molecule has 2 aliphatic heterocycles. The van der Waals surface area contributed by atoms with Crippen LogP contribution in [0.2, 0.25) is 0 Å². The SMILES string of the molecule is Cc1snnc1C(=O)N1C[C@@H]2CN(CC(C)C)CCO[C@@H]2C1. The molecule has 0 aromatic carbocycles. The van der Waals surface area contributed by atoms with Crippen LogP contribution in [0.5, 0.6) is 0 Å². The summed E-state index contributed by atoms with van der Waals surface area (Å²) in [5, 5.41) is 3.98. The second-order valence-electron chi connectivity index (χ2n) is 6.71. The van der Waals surface area contributed by atoms with Crippen molar-refractivity contribution in [3.8, 4) is 0 Å². The Morgan fingerprint density at radius 2 is 2.23 bits per heavy atom. The highest BCUT2D eigenvalue weighted by molar-refractivity contribution is 7.05. The Morgan fingerprint density at radius 3 is 2.91 bits per heavy atom. The normalized spacial score (nSPS) is 26.3. The zero-order chi connectivity index (χ0) is 15.7. The fourth-order valence-electron chi connectivity index (χ4n) is 3.39. The van der Waals surface area contributed by atoms with Gasteiger partial charge in [-0.2, -0.15) is 0 Å². The van der Waals surface area contributed by atoms with Crippen LogP contribution in [0.15, 0.2) is 0 Å². The van der Waals surface area contributed by atoms with E-state index in [4.69, 9.17) is 4.74 Å². The maximum Gasteiger partial charge on any atom is 0.275 e. The largest absolute Gasteiger partial charge is 0.375 e. The van der Waals surface area contributed by atoms with Crippen molar-refractivity contribution < 1.29 is 9.53 Å². The number of nitrogens with zero attached hydrogens (tertiary/aromatic N) is 4. The van der Waals surface area contributed by atoms with Crippen molar-refractivity contribution in [3.63, 3.8) is 0 Å². The molecule has 22 heavy (non-hydrogen) atoms. The topological polar surface area (TPSA) is 58.6 Å². The number of hydrogen-bond acceptors (Lipinski definition) is 6. The predicted octanol–water partition coefficient (Wildman–Crippen LogP) is 1.28. The number of fused-ring (bicyclic) bond motifs is 1. The lowest BCUT2D eigenvalue weighted by Gasteiger charge is -2.24. The van der Waals surface area contributed by atoms with Crippen LogP contribution in [-0.2, 0) is 4.74 Å². The minimum atomic E-state index is -0.00154. The molecular formula is C15H24N4O2S. The molecule has 7 heteroatoms. The van der Waals surface area contributed by atoms with Crippen molar-refractivity contribution in [2.24, 2.45) is 11.8 Å². The first kappa shape index (κ1) is 15.8. The van der Waals surface area contributed by atoms with Crippen LogP contribution in [0.25, 0.3) is 0 Å². The van der Waals surface area contributed by atoms with Crippen LogP contribution < -0.4 is 0 Å². The number of aromatic nitrogens is 2. The van der Waals surface area contributed by atoms with Gasteiger partial charge in [0.2, 0.25) is 0 Å². The van der Waals surface area contributed by atoms with E-state index in [9.17, 15) is 4.79 Å². The third-order valence-corrected chi connectivity index (χ3v) is 5.01. The van der Waals surface area contributed by atoms with E-state index in [2.05, 4.69) is 28.3 Å². The second kappa shape index (κ2) is 6.60. The van der Waals surface area contributed by atoms with Crippen LogP contribution in [0.1, 0.15) is 29.2 Å². The summed E-state index contributed by atoms with van der Waals surface area (Å²) in [6, 6.07) is 0. The minimum Gasteiger partial charge on any atom is -0.375 e. The number of hydrogen-bond donors (Lipinski definition) is 0. The molecule has 1 amide bonds. The van der Waals surface area contributed by atoms with Crippen molar-refractivity contribution in [2.75, 3.05) is 39.3 Å². The molecular weight excluding hydrogens is 300 g/mol. The summed E-state index contributed by atoms with van der Waals surface area (Å²) in [5.74, 6) is 1.05. The van der Waals surface area contributed by atoms with Gasteiger partial charge in [0.1, 0.15) is 0 Å². The van der Waals surface area contributed by atoms with Gasteiger partial charge in [-0.25, -0.2) is 0 Å². The molecule has 0 bridgehead atoms. The van der Waals surface area contributed by atoms with Crippen LogP contribution in [0, 0.1) is 18.8 Å². The van der Waals surface area contributed by atoms with Gasteiger partial charge in [0, 0.05) is 38.6 Å². The monoisotopic (exact) mass is 324 g/mol. The molecule has 2 aliphatic rings. The molecule has 3 rings (SSSR count). The number of carbonyl (C=O) groups excluding carboxylic acids is 1. The number of ether oxygens (including phenoxy) is 1. The number of likely N-dealkylation sites (tertiary alicyclic amines) is 1. The van der Waals surface area contributed by atoms with Crippen molar-refractivity contribution in [1.29, 1.82) is 0 Å². The second-order valence-corrected chi connectivity index (χ2v) is 7.67. The van der Waals surface area contributed by atoms with Crippen molar-refractivity contribution in [1.82, 2.24) is 19.4 Å². The smallest absolute Gasteiger partial charge is 0.275 e. The first-order valence-corrected chi connectivity index (χ1v) is 8.74. The summed E-state index contributed by atoms with van der Waals surface area (Å²) >= 11 is 1.28. The van der Waals surface area contributed by atoms with E-state index in [0.717, 1.165) is 37.7 Å². The van der Waals surface area contributed by atoms with Crippen LogP contribution in [0.4, 0.5) is 0 Å². The first-order valence-electron chi connectivity index (χ1n) is 7.96. The summed E-state index contributed by atoms with van der Waals surface area (Å²) in [7, 11) is 0. The molecule has 0 aliphatic carbocycles. The van der Waals surface area contributed by atoms with E-state index in [1.165, 1.54) is 11.5 Å². The molecule has 1 aromatic heterocycles. The highest BCUT2D eigenvalue weighted by Gasteiger charge is 2.39. The average Bonchev–Trinajstić information content (AvgIpc) is 3.00. The van der Waals surface area contributed by atoms with Gasteiger partial charge in [0.15, 0.2) is 5.69 Å². The minimum absolute atomic E-state index is 0.00154. The molecule has 0 saturated carbocycles. The Bertz CT molecular complexity index is 533. The Morgan fingerprint density at radius 1 is 1.41 bits per heavy atom. The molecule has 2 saturated heterocycles. The summed E-state index contributed by atoms with van der Waals surface area (Å²) in [5.41, 5.74) is 0.500. The lowest BCUT2D eigenvalue weighted by atomic mass is 10.1. The van der Waals surface area contributed by atoms with Crippen LogP contribution in [0.3, 0.4) is 0 Å². The van der Waals surface area contributed by atoms with E-state index in [0.29, 0.717) is 24.1 Å². The van der Waals surface area contributed by atoms with Gasteiger partial charge in [0.05, 0.1) is 17.6 Å². The molecule has 122 valence electrons. The molecule has 0 N–H and O–H groups in total. The van der Waals surface area contributed by atoms with Crippen molar-refractivity contribution in [2.45, 2.75) is 26.9 Å². The zero-order valence-corrected chi connectivity index (χ0v) is 14.3. The van der Waals surface area contributed by atoms with Gasteiger partial charge in [-0.15, -0.1) is 5.10 Å². The molecule has 3 heterocycles. The number of aryl methyl sites for hydroxylation is 1. The fraction of sp³-hybridized carbons (Fsp3) is 0.800. The maximum absolute atomic E-state index is 12.6. The van der Waals surface area contributed by atoms with Gasteiger partial charge in [0.25, 0.3) is 5.91 Å². The number of amides is 1. The van der Waals surface area contributed by atoms with Gasteiger partial charge in [-0.05, 0) is 24.4 Å². The summed E-state index contributed by atoms with van der Waals surface area (Å²) in [6.07, 6.45) is 0.160. The van der Waals surface area contributed by atoms with Crippen molar-refractivity contribution >= 4 is 17.4 Å². The molecule has 0 unspecified atom stereocenters. The van der Waals surface area contributed by atoms with Gasteiger partial charge in [-0.3, -0.25) is 4.79 Å². The summed E-state index contributed by atoms with van der Waals surface area (Å²) in [4.78, 5) is 17.8. The Labute approximate surface area is 135 Å². The third-order valence-electron chi connectivity index (χ3n) is 4.38. The van der Waals surface area contributed by atoms with Gasteiger partial charge in [-0.1, -0.05) is 18.3 Å². The van der Waals surface area contributed by atoms with Gasteiger partial charge >= 0.3 is 0 Å². The molecule has 0 spiro atoms. The zero-order valence-electron chi connectivity index (χ0n) is 13.5. The van der Waals surface area contributed by atoms with Crippen LogP contribution >= 0.6 is 11.5 Å². The first-order chi connectivity index (χ1) is 10.5. The third kappa shape index (κ3) is 3.31. The van der Waals surface area contributed by atoms with E-state index in [1.807, 2.05) is 11.8 Å². The van der Waals surface area contributed by atoms with E-state index in [1.54, 1.807) is 0 Å². The lowest BCUT2D eigenvalue weighted by Crippen LogP contribution is -2.36. The summed E-state index contributed by atoms with van der Waals surface area (Å²) in [6.45, 7) is 11.7. The Balaban J connectivity index is 1.66. The quantitative estimate of drug-likeness (QED) is 0.838. The van der Waals surface area contributed by atoms with Crippen LogP contribution in [-0.4, -0.2) is 70.7 Å². The van der Waals surface area contributed by atoms with E-state index >= 15 is 0 Å². The van der Waals surface area contributed by atoms with Crippen molar-refractivity contribution in [3.05, 3.63) is 10.6 Å². The molecule has 2 atom stereocenters. The van der Waals surface area contributed by atoms with Gasteiger partial charge < -0.3 is 14.5 Å². The number of rotatable bonds is 3. The molecule has 1 aromatic rings. The highest BCUT2D eigenvalue weighted by Crippen LogP contribution is 2.26. The fourth-order valence-corrected chi connectivity index (χ4v) is 3.85. The standard InChI is InChI=1S/C15H24N4O2S/c1-10(2)6-18-4-5-21-13-9-19(8-12(13)7-18)15(20)14-11(3)22-17-16-14/h10,12-13H,4-9H2,1-3H3/t12-,13+/m0/s1. The highest BCUT2D eigenvalue weighted by atomic mass is 32.1. The number of carbonyl (C=O) groups is 1. The molecule has 6 nitrogen and oxygen atoms in total. The average molecular weight is 324 g/mol. The predicted molar refractivity (Wildman–Crippen MR) is 85.1 cm³/mol. The molecule has 2 fully saturated rings. The molecule has 0 radical (unpaired) electrons. The Kier molecular flexibility index (Phi) is 4.75. The Hall–Kier alpha value is -1.05. The maximum atomic E-state index is 12.6. The lowest BCUT2D eigenvalue weighted by molar-refractivity contribution is 0.0481.